The van der Waals surface area contributed by atoms with Crippen LogP contribution in [0.15, 0.2) is 18.2 Å². The van der Waals surface area contributed by atoms with E-state index in [1.165, 1.54) is 11.3 Å². The minimum Gasteiger partial charge on any atom is -0.225 e. The number of hydrogen-bond acceptors (Lipinski definition) is 2. The van der Waals surface area contributed by atoms with Crippen LogP contribution in [-0.4, -0.2) is 10.9 Å². The molecule has 1 heterocycles. The first kappa shape index (κ1) is 9.79. The zero-order chi connectivity index (χ0) is 9.97. The first-order valence-electron chi connectivity index (χ1n) is 3.90. The largest absolute Gasteiger partial charge is 0.225 e. The minimum atomic E-state index is 0.349. The first-order valence-corrected chi connectivity index (χ1v) is 5.63. The predicted octanol–water partition coefficient (Wildman–Crippen LogP) is 3.54. The molecule has 2 aromatic rings. The van der Waals surface area contributed by atoms with Crippen LogP contribution in [0.3, 0.4) is 0 Å². The second kappa shape index (κ2) is 4.18. The Morgan fingerprint density at radius 3 is 3.07 bits per heavy atom. The maximum atomic E-state index is 5.79. The van der Waals surface area contributed by atoms with Crippen molar-refractivity contribution in [2.75, 3.05) is 5.88 Å². The summed E-state index contributed by atoms with van der Waals surface area (Å²) >= 11 is 12.7. The SMILES string of the molecule is ClCC#Cc1ccc2nc(Cl)sc2c1. The first-order chi connectivity index (χ1) is 6.79. The highest BCUT2D eigenvalue weighted by atomic mass is 35.5. The van der Waals surface area contributed by atoms with Gasteiger partial charge in [0, 0.05) is 5.56 Å². The van der Waals surface area contributed by atoms with Gasteiger partial charge in [0.25, 0.3) is 0 Å². The fourth-order valence-electron chi connectivity index (χ4n) is 1.11. The number of thiazole rings is 1. The molecule has 0 fully saturated rings. The second-order valence-electron chi connectivity index (χ2n) is 2.58. The van der Waals surface area contributed by atoms with Gasteiger partial charge in [-0.05, 0) is 18.2 Å². The van der Waals surface area contributed by atoms with Crippen LogP contribution in [0, 0.1) is 11.8 Å². The van der Waals surface area contributed by atoms with Gasteiger partial charge in [-0.1, -0.05) is 23.4 Å². The number of fused-ring (bicyclic) bond motifs is 1. The molecule has 0 saturated carbocycles. The lowest BCUT2D eigenvalue weighted by molar-refractivity contribution is 1.49. The summed E-state index contributed by atoms with van der Waals surface area (Å²) in [5.74, 6) is 6.10. The van der Waals surface area contributed by atoms with E-state index >= 15 is 0 Å². The molecule has 0 spiro atoms. The van der Waals surface area contributed by atoms with Gasteiger partial charge in [0.05, 0.1) is 16.1 Å². The molecule has 0 N–H and O–H groups in total. The third-order valence-electron chi connectivity index (χ3n) is 1.66. The zero-order valence-electron chi connectivity index (χ0n) is 7.05. The molecule has 0 amide bonds. The van der Waals surface area contributed by atoms with Crippen molar-refractivity contribution in [3.05, 3.63) is 28.2 Å². The summed E-state index contributed by atoms with van der Waals surface area (Å²) in [5.41, 5.74) is 1.86. The molecule has 1 aromatic carbocycles. The van der Waals surface area contributed by atoms with Gasteiger partial charge in [-0.25, -0.2) is 4.98 Å². The molecule has 70 valence electrons. The summed E-state index contributed by atoms with van der Waals surface area (Å²) in [5, 5.41) is 0. The molecule has 0 atom stereocenters. The molecular formula is C10H5Cl2NS. The van der Waals surface area contributed by atoms with Crippen molar-refractivity contribution >= 4 is 44.8 Å². The van der Waals surface area contributed by atoms with Crippen LogP contribution in [0.2, 0.25) is 4.47 Å². The highest BCUT2D eigenvalue weighted by Gasteiger charge is 2.00. The third kappa shape index (κ3) is 2.01. The molecule has 4 heteroatoms. The molecule has 0 bridgehead atoms. The highest BCUT2D eigenvalue weighted by Crippen LogP contribution is 2.25. The van der Waals surface area contributed by atoms with E-state index < -0.39 is 0 Å². The van der Waals surface area contributed by atoms with E-state index in [1.807, 2.05) is 18.2 Å². The van der Waals surface area contributed by atoms with E-state index in [1.54, 1.807) is 0 Å². The van der Waals surface area contributed by atoms with E-state index in [4.69, 9.17) is 23.2 Å². The van der Waals surface area contributed by atoms with Gasteiger partial charge >= 0.3 is 0 Å². The number of hydrogen-bond donors (Lipinski definition) is 0. The fourth-order valence-corrected chi connectivity index (χ4v) is 2.25. The third-order valence-corrected chi connectivity index (χ3v) is 2.92. The van der Waals surface area contributed by atoms with Gasteiger partial charge < -0.3 is 0 Å². The molecule has 1 aromatic heterocycles. The van der Waals surface area contributed by atoms with Crippen LogP contribution in [-0.2, 0) is 0 Å². The average molecular weight is 242 g/mol. The second-order valence-corrected chi connectivity index (χ2v) is 4.46. The summed E-state index contributed by atoms with van der Waals surface area (Å²) < 4.78 is 1.61. The van der Waals surface area contributed by atoms with Gasteiger partial charge in [0.15, 0.2) is 4.47 Å². The van der Waals surface area contributed by atoms with Crippen LogP contribution in [0.5, 0.6) is 0 Å². The summed E-state index contributed by atoms with van der Waals surface area (Å²) in [6.45, 7) is 0. The summed E-state index contributed by atoms with van der Waals surface area (Å²) in [7, 11) is 0. The van der Waals surface area contributed by atoms with Crippen molar-refractivity contribution in [2.24, 2.45) is 0 Å². The Bertz CT molecular complexity index is 522. The fraction of sp³-hybridized carbons (Fsp3) is 0.100. The zero-order valence-corrected chi connectivity index (χ0v) is 9.38. The van der Waals surface area contributed by atoms with E-state index in [0.29, 0.717) is 10.3 Å². The molecule has 0 aliphatic carbocycles. The van der Waals surface area contributed by atoms with Crippen LogP contribution in [0.4, 0.5) is 0 Å². The van der Waals surface area contributed by atoms with Crippen LogP contribution < -0.4 is 0 Å². The Hall–Kier alpha value is -0.750. The van der Waals surface area contributed by atoms with Crippen molar-refractivity contribution in [1.82, 2.24) is 4.98 Å². The Morgan fingerprint density at radius 2 is 2.29 bits per heavy atom. The number of benzene rings is 1. The highest BCUT2D eigenvalue weighted by molar-refractivity contribution is 7.22. The topological polar surface area (TPSA) is 12.9 Å². The molecule has 0 aliphatic heterocycles. The van der Waals surface area contributed by atoms with Crippen molar-refractivity contribution in [3.8, 4) is 11.8 Å². The molecule has 14 heavy (non-hydrogen) atoms. The molecule has 0 saturated heterocycles. The quantitative estimate of drug-likeness (QED) is 0.508. The monoisotopic (exact) mass is 241 g/mol. The van der Waals surface area contributed by atoms with E-state index in [2.05, 4.69) is 16.8 Å². The molecular weight excluding hydrogens is 237 g/mol. The number of aromatic nitrogens is 1. The van der Waals surface area contributed by atoms with Crippen molar-refractivity contribution in [3.63, 3.8) is 0 Å². The maximum absolute atomic E-state index is 5.79. The smallest absolute Gasteiger partial charge is 0.184 e. The van der Waals surface area contributed by atoms with Gasteiger partial charge in [0.1, 0.15) is 0 Å². The van der Waals surface area contributed by atoms with Crippen molar-refractivity contribution in [1.29, 1.82) is 0 Å². The Balaban J connectivity index is 2.50. The van der Waals surface area contributed by atoms with Crippen molar-refractivity contribution < 1.29 is 0 Å². The van der Waals surface area contributed by atoms with Gasteiger partial charge in [-0.2, -0.15) is 0 Å². The molecule has 0 radical (unpaired) electrons. The summed E-state index contributed by atoms with van der Waals surface area (Å²) in [6.07, 6.45) is 0. The standard InChI is InChI=1S/C10H5Cl2NS/c11-5-1-2-7-3-4-8-9(6-7)14-10(12)13-8/h3-4,6H,5H2. The summed E-state index contributed by atoms with van der Waals surface area (Å²) in [6, 6.07) is 5.80. The molecule has 2 rings (SSSR count). The molecule has 0 unspecified atom stereocenters. The lowest BCUT2D eigenvalue weighted by Gasteiger charge is -1.89. The number of halogens is 2. The van der Waals surface area contributed by atoms with Gasteiger partial charge in [0.2, 0.25) is 0 Å². The number of rotatable bonds is 0. The normalized spacial score (nSPS) is 9.86. The van der Waals surface area contributed by atoms with Crippen LogP contribution in [0.1, 0.15) is 5.56 Å². The lowest BCUT2D eigenvalue weighted by Crippen LogP contribution is -1.74. The molecule has 0 aliphatic rings. The summed E-state index contributed by atoms with van der Waals surface area (Å²) in [4.78, 5) is 4.14. The molecule has 1 nitrogen and oxygen atoms in total. The van der Waals surface area contributed by atoms with Gasteiger partial charge in [-0.3, -0.25) is 0 Å². The van der Waals surface area contributed by atoms with E-state index in [0.717, 1.165) is 15.8 Å². The Labute approximate surface area is 95.7 Å². The average Bonchev–Trinajstić information content (AvgIpc) is 2.54. The minimum absolute atomic E-state index is 0.349. The Kier molecular flexibility index (Phi) is 2.93. The van der Waals surface area contributed by atoms with E-state index in [9.17, 15) is 0 Å². The number of alkyl halides is 1. The van der Waals surface area contributed by atoms with E-state index in [-0.39, 0.29) is 0 Å². The van der Waals surface area contributed by atoms with Gasteiger partial charge in [-0.15, -0.1) is 22.9 Å². The predicted molar refractivity (Wildman–Crippen MR) is 62.2 cm³/mol. The van der Waals surface area contributed by atoms with Crippen molar-refractivity contribution in [2.45, 2.75) is 0 Å². The maximum Gasteiger partial charge on any atom is 0.184 e. The van der Waals surface area contributed by atoms with Crippen LogP contribution in [0.25, 0.3) is 10.2 Å². The Morgan fingerprint density at radius 1 is 1.43 bits per heavy atom. The van der Waals surface area contributed by atoms with Crippen LogP contribution >= 0.6 is 34.5 Å². The number of nitrogens with zero attached hydrogens (tertiary/aromatic N) is 1. The lowest BCUT2D eigenvalue weighted by atomic mass is 10.2.